The first-order valence-corrected chi connectivity index (χ1v) is 8.20. The molecule has 0 fully saturated rings. The number of hydrazone groups is 1. The molecule has 0 saturated carbocycles. The smallest absolute Gasteiger partial charge is 0.340 e. The lowest BCUT2D eigenvalue weighted by molar-refractivity contribution is -0.393. The van der Waals surface area contributed by atoms with E-state index in [1.54, 1.807) is 23.5 Å². The monoisotopic (exact) mass is 425 g/mol. The van der Waals surface area contributed by atoms with E-state index in [1.807, 2.05) is 0 Å². The molecule has 0 radical (unpaired) electrons. The molecule has 30 heavy (non-hydrogen) atoms. The van der Waals surface area contributed by atoms with Crippen molar-refractivity contribution in [3.8, 4) is 0 Å². The van der Waals surface area contributed by atoms with Crippen LogP contribution < -0.4 is 10.7 Å². The first-order valence-electron chi connectivity index (χ1n) is 8.20. The molecule has 0 bridgehead atoms. The molecule has 158 valence electrons. The fourth-order valence-corrected chi connectivity index (χ4v) is 2.37. The van der Waals surface area contributed by atoms with E-state index >= 15 is 0 Å². The largest absolute Gasteiger partial charge is 0.471 e. The maximum Gasteiger partial charge on any atom is 0.471 e. The van der Waals surface area contributed by atoms with Crippen molar-refractivity contribution in [2.24, 2.45) is 5.10 Å². The minimum atomic E-state index is -5.11. The molecule has 2 aromatic carbocycles. The summed E-state index contributed by atoms with van der Waals surface area (Å²) in [5, 5.41) is 27.7. The minimum absolute atomic E-state index is 0.0548. The van der Waals surface area contributed by atoms with Crippen molar-refractivity contribution in [3.63, 3.8) is 0 Å². The van der Waals surface area contributed by atoms with Gasteiger partial charge in [0, 0.05) is 6.07 Å². The average Bonchev–Trinajstić information content (AvgIpc) is 2.68. The van der Waals surface area contributed by atoms with Crippen LogP contribution >= 0.6 is 0 Å². The summed E-state index contributed by atoms with van der Waals surface area (Å²) in [5.74, 6) is -2.18. The van der Waals surface area contributed by atoms with Crippen molar-refractivity contribution >= 4 is 28.7 Å². The van der Waals surface area contributed by atoms with Gasteiger partial charge in [0.25, 0.3) is 5.69 Å². The van der Waals surface area contributed by atoms with Gasteiger partial charge in [-0.15, -0.1) is 0 Å². The highest BCUT2D eigenvalue weighted by Crippen LogP contribution is 2.29. The SMILES string of the molecule is C[C@H](NC(=O)C(F)(F)F)/C(=N/Nc1ccc([N+](=O)[O-])cc1[N+](=O)[O-])c1ccccc1. The summed E-state index contributed by atoms with van der Waals surface area (Å²) >= 11 is 0. The van der Waals surface area contributed by atoms with Gasteiger partial charge in [-0.3, -0.25) is 30.4 Å². The third-order valence-corrected chi connectivity index (χ3v) is 3.77. The van der Waals surface area contributed by atoms with E-state index in [-0.39, 0.29) is 11.4 Å². The summed E-state index contributed by atoms with van der Waals surface area (Å²) in [6.45, 7) is 1.25. The van der Waals surface area contributed by atoms with Crippen LogP contribution in [0.2, 0.25) is 0 Å². The average molecular weight is 425 g/mol. The summed E-state index contributed by atoms with van der Waals surface area (Å²) in [5.41, 5.74) is 1.22. The van der Waals surface area contributed by atoms with Gasteiger partial charge in [0.1, 0.15) is 5.69 Å². The normalized spacial score (nSPS) is 12.7. The molecule has 1 amide bonds. The number of nitro groups is 2. The molecule has 13 heteroatoms. The molecule has 0 saturated heterocycles. The summed E-state index contributed by atoms with van der Waals surface area (Å²) in [4.78, 5) is 31.6. The summed E-state index contributed by atoms with van der Waals surface area (Å²) in [6, 6.07) is 9.37. The molecule has 2 N–H and O–H groups in total. The molecule has 0 unspecified atom stereocenters. The van der Waals surface area contributed by atoms with Crippen molar-refractivity contribution < 1.29 is 27.8 Å². The third-order valence-electron chi connectivity index (χ3n) is 3.77. The minimum Gasteiger partial charge on any atom is -0.340 e. The van der Waals surface area contributed by atoms with E-state index < -0.39 is 39.3 Å². The molecule has 10 nitrogen and oxygen atoms in total. The molecule has 2 aromatic rings. The van der Waals surface area contributed by atoms with Crippen LogP contribution in [0.1, 0.15) is 12.5 Å². The van der Waals surface area contributed by atoms with Crippen LogP contribution in [0.3, 0.4) is 0 Å². The first kappa shape index (κ1) is 22.3. The lowest BCUT2D eigenvalue weighted by Gasteiger charge is -2.18. The van der Waals surface area contributed by atoms with E-state index in [1.165, 1.54) is 19.1 Å². The highest BCUT2D eigenvalue weighted by atomic mass is 19.4. The number of anilines is 1. The third kappa shape index (κ3) is 5.50. The van der Waals surface area contributed by atoms with Gasteiger partial charge in [-0.2, -0.15) is 18.3 Å². The second-order valence-electron chi connectivity index (χ2n) is 5.88. The molecule has 0 aromatic heterocycles. The molecular weight excluding hydrogens is 411 g/mol. The van der Waals surface area contributed by atoms with Crippen LogP contribution in [0.25, 0.3) is 0 Å². The Balaban J connectivity index is 2.42. The summed E-state index contributed by atoms with van der Waals surface area (Å²) in [7, 11) is 0. The first-order chi connectivity index (χ1) is 14.0. The second-order valence-corrected chi connectivity index (χ2v) is 5.88. The van der Waals surface area contributed by atoms with Crippen LogP contribution in [0.15, 0.2) is 53.6 Å². The van der Waals surface area contributed by atoms with Crippen molar-refractivity contribution in [3.05, 3.63) is 74.3 Å². The summed E-state index contributed by atoms with van der Waals surface area (Å²) in [6.07, 6.45) is -5.11. The number of nitro benzene ring substituents is 2. The van der Waals surface area contributed by atoms with Crippen molar-refractivity contribution in [1.29, 1.82) is 0 Å². The standard InChI is InChI=1S/C17H14F3N5O5/c1-10(21-16(26)17(18,19)20)15(11-5-3-2-4-6-11)23-22-13-8-7-12(24(27)28)9-14(13)25(29)30/h2-10,22H,1H3,(H,21,26)/b23-15-/t10-/m0/s1. The Morgan fingerprint density at radius 1 is 1.07 bits per heavy atom. The number of benzene rings is 2. The maximum absolute atomic E-state index is 12.6. The van der Waals surface area contributed by atoms with Gasteiger partial charge in [0.15, 0.2) is 0 Å². The number of hydrogen-bond donors (Lipinski definition) is 2. The molecular formula is C17H14F3N5O5. The molecule has 0 heterocycles. The Kier molecular flexibility index (Phi) is 6.66. The van der Waals surface area contributed by atoms with Gasteiger partial charge in [0.05, 0.1) is 27.7 Å². The number of carbonyl (C=O) groups excluding carboxylic acids is 1. The number of amides is 1. The Morgan fingerprint density at radius 3 is 2.23 bits per heavy atom. The Labute approximate surface area is 166 Å². The van der Waals surface area contributed by atoms with Crippen molar-refractivity contribution in [2.45, 2.75) is 19.1 Å². The molecule has 0 aliphatic heterocycles. The Morgan fingerprint density at radius 2 is 1.70 bits per heavy atom. The van der Waals surface area contributed by atoms with Crippen LogP contribution in [-0.4, -0.2) is 33.7 Å². The molecule has 2 rings (SSSR count). The number of non-ortho nitro benzene ring substituents is 1. The fourth-order valence-electron chi connectivity index (χ4n) is 2.37. The zero-order chi connectivity index (χ0) is 22.5. The fraction of sp³-hybridized carbons (Fsp3) is 0.176. The maximum atomic E-state index is 12.6. The zero-order valence-electron chi connectivity index (χ0n) is 15.2. The van der Waals surface area contributed by atoms with Gasteiger partial charge >= 0.3 is 17.8 Å². The molecule has 0 aliphatic carbocycles. The number of rotatable bonds is 7. The molecule has 0 spiro atoms. The van der Waals surface area contributed by atoms with E-state index in [2.05, 4.69) is 10.5 Å². The predicted molar refractivity (Wildman–Crippen MR) is 100 cm³/mol. The van der Waals surface area contributed by atoms with Crippen molar-refractivity contribution in [2.75, 3.05) is 5.43 Å². The predicted octanol–water partition coefficient (Wildman–Crippen LogP) is 3.39. The second kappa shape index (κ2) is 8.98. The quantitative estimate of drug-likeness (QED) is 0.396. The molecule has 0 aliphatic rings. The van der Waals surface area contributed by atoms with Gasteiger partial charge in [0.2, 0.25) is 0 Å². The van der Waals surface area contributed by atoms with E-state index in [0.29, 0.717) is 5.56 Å². The van der Waals surface area contributed by atoms with Crippen LogP contribution in [0.5, 0.6) is 0 Å². The molecule has 1 atom stereocenters. The number of nitrogens with zero attached hydrogens (tertiary/aromatic N) is 3. The highest BCUT2D eigenvalue weighted by Gasteiger charge is 2.39. The van der Waals surface area contributed by atoms with Crippen LogP contribution in [0.4, 0.5) is 30.2 Å². The number of hydrogen-bond acceptors (Lipinski definition) is 7. The van der Waals surface area contributed by atoms with Gasteiger partial charge < -0.3 is 5.32 Å². The lowest BCUT2D eigenvalue weighted by Crippen LogP contribution is -2.45. The van der Waals surface area contributed by atoms with E-state index in [4.69, 9.17) is 0 Å². The topological polar surface area (TPSA) is 140 Å². The Hall–Kier alpha value is -4.03. The Bertz CT molecular complexity index is 995. The lowest BCUT2D eigenvalue weighted by atomic mass is 10.0. The number of halogens is 3. The van der Waals surface area contributed by atoms with E-state index in [9.17, 15) is 38.2 Å². The highest BCUT2D eigenvalue weighted by molar-refractivity contribution is 6.06. The number of nitrogens with one attached hydrogen (secondary N) is 2. The van der Waals surface area contributed by atoms with Crippen molar-refractivity contribution in [1.82, 2.24) is 5.32 Å². The number of carbonyl (C=O) groups is 1. The van der Waals surface area contributed by atoms with Gasteiger partial charge in [-0.25, -0.2) is 0 Å². The zero-order valence-corrected chi connectivity index (χ0v) is 15.2. The van der Waals surface area contributed by atoms with Gasteiger partial charge in [-0.1, -0.05) is 30.3 Å². The summed E-state index contributed by atoms with van der Waals surface area (Å²) < 4.78 is 37.7. The van der Waals surface area contributed by atoms with Gasteiger partial charge in [-0.05, 0) is 18.6 Å². The van der Waals surface area contributed by atoms with E-state index in [0.717, 1.165) is 18.2 Å². The van der Waals surface area contributed by atoms with Crippen LogP contribution in [-0.2, 0) is 4.79 Å². The number of alkyl halides is 3. The van der Waals surface area contributed by atoms with Crippen LogP contribution in [0, 0.1) is 20.2 Å².